The summed E-state index contributed by atoms with van der Waals surface area (Å²) in [6.07, 6.45) is 4.01. The average molecular weight is 327 g/mol. The minimum Gasteiger partial charge on any atom is -0.383 e. The number of nitrogens with one attached hydrogen (secondary N) is 1. The Morgan fingerprint density at radius 1 is 1.26 bits per heavy atom. The summed E-state index contributed by atoms with van der Waals surface area (Å²) in [5.41, 5.74) is 2.64. The number of benzene rings is 1. The fraction of sp³-hybridized carbons (Fsp3) is 0.600. The highest BCUT2D eigenvalue weighted by molar-refractivity contribution is 9.10. The summed E-state index contributed by atoms with van der Waals surface area (Å²) in [6.45, 7) is 4.90. The third-order valence-corrected chi connectivity index (χ3v) is 4.29. The van der Waals surface area contributed by atoms with E-state index in [-0.39, 0.29) is 0 Å². The van der Waals surface area contributed by atoms with Gasteiger partial charge in [0.05, 0.1) is 6.61 Å². The van der Waals surface area contributed by atoms with Crippen LogP contribution >= 0.6 is 15.9 Å². The van der Waals surface area contributed by atoms with Crippen molar-refractivity contribution in [2.24, 2.45) is 0 Å². The predicted octanol–water partition coefficient (Wildman–Crippen LogP) is 3.18. The molecule has 0 aromatic heterocycles. The lowest BCUT2D eigenvalue weighted by atomic mass is 10.1. The molecule has 0 amide bonds. The van der Waals surface area contributed by atoms with E-state index in [1.54, 1.807) is 7.11 Å². The molecule has 0 aliphatic carbocycles. The van der Waals surface area contributed by atoms with Crippen molar-refractivity contribution < 1.29 is 4.74 Å². The Morgan fingerprint density at radius 2 is 2.05 bits per heavy atom. The van der Waals surface area contributed by atoms with Gasteiger partial charge in [0.25, 0.3) is 0 Å². The standard InChI is InChI=1S/C15H23BrN2O/c1-19-10-7-17-12-13-5-6-14(11-15(13)16)18-8-3-2-4-9-18/h5-6,11,17H,2-4,7-10,12H2,1H3. The summed E-state index contributed by atoms with van der Waals surface area (Å²) >= 11 is 3.69. The monoisotopic (exact) mass is 326 g/mol. The number of rotatable bonds is 6. The van der Waals surface area contributed by atoms with E-state index < -0.39 is 0 Å². The Labute approximate surface area is 124 Å². The van der Waals surface area contributed by atoms with E-state index in [1.165, 1.54) is 48.1 Å². The van der Waals surface area contributed by atoms with E-state index in [4.69, 9.17) is 4.74 Å². The van der Waals surface area contributed by atoms with Crippen molar-refractivity contribution in [1.82, 2.24) is 5.32 Å². The van der Waals surface area contributed by atoms with Gasteiger partial charge >= 0.3 is 0 Å². The zero-order valence-electron chi connectivity index (χ0n) is 11.6. The molecule has 1 fully saturated rings. The van der Waals surface area contributed by atoms with Gasteiger partial charge in [-0.05, 0) is 37.0 Å². The van der Waals surface area contributed by atoms with E-state index >= 15 is 0 Å². The van der Waals surface area contributed by atoms with Gasteiger partial charge in [-0.25, -0.2) is 0 Å². The molecule has 1 saturated heterocycles. The van der Waals surface area contributed by atoms with Crippen molar-refractivity contribution in [2.45, 2.75) is 25.8 Å². The molecule has 0 unspecified atom stereocenters. The molecule has 1 aliphatic heterocycles. The fourth-order valence-corrected chi connectivity index (χ4v) is 2.93. The number of anilines is 1. The van der Waals surface area contributed by atoms with Crippen LogP contribution in [0.5, 0.6) is 0 Å². The number of piperidine rings is 1. The Kier molecular flexibility index (Phi) is 6.14. The summed E-state index contributed by atoms with van der Waals surface area (Å²) in [4.78, 5) is 2.48. The van der Waals surface area contributed by atoms with Crippen LogP contribution in [-0.4, -0.2) is 33.4 Å². The maximum atomic E-state index is 5.03. The molecule has 0 bridgehead atoms. The van der Waals surface area contributed by atoms with Crippen molar-refractivity contribution in [1.29, 1.82) is 0 Å². The number of methoxy groups -OCH3 is 1. The molecule has 1 aromatic rings. The molecular weight excluding hydrogens is 304 g/mol. The second-order valence-electron chi connectivity index (χ2n) is 4.99. The molecule has 4 heteroatoms. The van der Waals surface area contributed by atoms with E-state index in [9.17, 15) is 0 Å². The molecule has 3 nitrogen and oxygen atoms in total. The lowest BCUT2D eigenvalue weighted by molar-refractivity contribution is 0.199. The van der Waals surface area contributed by atoms with Crippen molar-refractivity contribution in [3.63, 3.8) is 0 Å². The Morgan fingerprint density at radius 3 is 2.74 bits per heavy atom. The number of halogens is 1. The molecule has 19 heavy (non-hydrogen) atoms. The summed E-state index contributed by atoms with van der Waals surface area (Å²) in [5.74, 6) is 0. The molecule has 1 heterocycles. The molecule has 0 radical (unpaired) electrons. The highest BCUT2D eigenvalue weighted by Gasteiger charge is 2.12. The summed E-state index contributed by atoms with van der Waals surface area (Å²) in [7, 11) is 1.73. The molecule has 1 N–H and O–H groups in total. The normalized spacial score (nSPS) is 15.8. The zero-order valence-corrected chi connectivity index (χ0v) is 13.2. The van der Waals surface area contributed by atoms with Crippen LogP contribution in [0.15, 0.2) is 22.7 Å². The van der Waals surface area contributed by atoms with Gasteiger partial charge in [0.1, 0.15) is 0 Å². The first-order valence-electron chi connectivity index (χ1n) is 7.04. The van der Waals surface area contributed by atoms with Crippen LogP contribution in [0, 0.1) is 0 Å². The second-order valence-corrected chi connectivity index (χ2v) is 5.85. The van der Waals surface area contributed by atoms with Gasteiger partial charge in [0, 0.05) is 43.4 Å². The third kappa shape index (κ3) is 4.48. The Hall–Kier alpha value is -0.580. The first-order valence-corrected chi connectivity index (χ1v) is 7.83. The molecular formula is C15H23BrN2O. The maximum Gasteiger partial charge on any atom is 0.0587 e. The van der Waals surface area contributed by atoms with Crippen molar-refractivity contribution >= 4 is 21.6 Å². The lowest BCUT2D eigenvalue weighted by Crippen LogP contribution is -2.29. The third-order valence-electron chi connectivity index (χ3n) is 3.56. The van der Waals surface area contributed by atoms with Crippen LogP contribution in [0.25, 0.3) is 0 Å². The maximum absolute atomic E-state index is 5.03. The molecule has 1 aromatic carbocycles. The molecule has 2 rings (SSSR count). The highest BCUT2D eigenvalue weighted by Crippen LogP contribution is 2.26. The molecule has 0 atom stereocenters. The quantitative estimate of drug-likeness (QED) is 0.812. The first kappa shape index (κ1) is 14.8. The van der Waals surface area contributed by atoms with Crippen LogP contribution in [0.4, 0.5) is 5.69 Å². The van der Waals surface area contributed by atoms with Gasteiger partial charge in [-0.1, -0.05) is 22.0 Å². The average Bonchev–Trinajstić information content (AvgIpc) is 2.46. The summed E-state index contributed by atoms with van der Waals surface area (Å²) in [6, 6.07) is 6.70. The van der Waals surface area contributed by atoms with E-state index in [0.717, 1.165) is 19.7 Å². The first-order chi connectivity index (χ1) is 9.31. The minimum absolute atomic E-state index is 0.753. The summed E-state index contributed by atoms with van der Waals surface area (Å²) in [5, 5.41) is 3.37. The van der Waals surface area contributed by atoms with Gasteiger partial charge < -0.3 is 15.0 Å². The molecule has 106 valence electrons. The van der Waals surface area contributed by atoms with Gasteiger partial charge in [0.15, 0.2) is 0 Å². The van der Waals surface area contributed by atoms with Gasteiger partial charge in [0.2, 0.25) is 0 Å². The fourth-order valence-electron chi connectivity index (χ4n) is 2.43. The van der Waals surface area contributed by atoms with Crippen molar-refractivity contribution in [3.05, 3.63) is 28.2 Å². The molecule has 1 aliphatic rings. The van der Waals surface area contributed by atoms with Crippen LogP contribution < -0.4 is 10.2 Å². The molecule has 0 spiro atoms. The van der Waals surface area contributed by atoms with Gasteiger partial charge in [-0.3, -0.25) is 0 Å². The number of ether oxygens (including phenoxy) is 1. The Balaban J connectivity index is 1.92. The van der Waals surface area contributed by atoms with Crippen molar-refractivity contribution in [3.8, 4) is 0 Å². The van der Waals surface area contributed by atoms with Gasteiger partial charge in [-0.15, -0.1) is 0 Å². The van der Waals surface area contributed by atoms with Crippen LogP contribution in [0.1, 0.15) is 24.8 Å². The topological polar surface area (TPSA) is 24.5 Å². The minimum atomic E-state index is 0.753. The number of hydrogen-bond acceptors (Lipinski definition) is 3. The van der Waals surface area contributed by atoms with E-state index in [0.29, 0.717) is 0 Å². The predicted molar refractivity (Wildman–Crippen MR) is 83.8 cm³/mol. The second kappa shape index (κ2) is 7.88. The van der Waals surface area contributed by atoms with E-state index in [2.05, 4.69) is 44.3 Å². The summed E-state index contributed by atoms with van der Waals surface area (Å²) < 4.78 is 6.22. The SMILES string of the molecule is COCCNCc1ccc(N2CCCCC2)cc1Br. The van der Waals surface area contributed by atoms with Crippen molar-refractivity contribution in [2.75, 3.05) is 38.3 Å². The van der Waals surface area contributed by atoms with Crippen LogP contribution in [-0.2, 0) is 11.3 Å². The highest BCUT2D eigenvalue weighted by atomic mass is 79.9. The van der Waals surface area contributed by atoms with Gasteiger partial charge in [-0.2, -0.15) is 0 Å². The number of nitrogens with zero attached hydrogens (tertiary/aromatic N) is 1. The smallest absolute Gasteiger partial charge is 0.0587 e. The van der Waals surface area contributed by atoms with E-state index in [1.807, 2.05) is 0 Å². The molecule has 0 saturated carbocycles. The zero-order chi connectivity index (χ0) is 13.5. The number of hydrogen-bond donors (Lipinski definition) is 1. The lowest BCUT2D eigenvalue weighted by Gasteiger charge is -2.29. The van der Waals surface area contributed by atoms with Crippen LogP contribution in [0.2, 0.25) is 0 Å². The van der Waals surface area contributed by atoms with Crippen LogP contribution in [0.3, 0.4) is 0 Å². The Bertz CT molecular complexity index is 392. The largest absolute Gasteiger partial charge is 0.383 e.